The largest absolute Gasteiger partial charge is 0.480 e. The first-order valence-corrected chi connectivity index (χ1v) is 15.4. The minimum atomic E-state index is -0.206. The third kappa shape index (κ3) is 4.59. The number of fused-ring (bicyclic) bond motifs is 6. The van der Waals surface area contributed by atoms with Gasteiger partial charge in [0.2, 0.25) is 5.95 Å². The summed E-state index contributed by atoms with van der Waals surface area (Å²) in [5.74, 6) is 2.36. The molecule has 1 fully saturated rings. The van der Waals surface area contributed by atoms with E-state index in [0.29, 0.717) is 53.4 Å². The van der Waals surface area contributed by atoms with Crippen LogP contribution in [0.2, 0.25) is 0 Å². The second-order valence-corrected chi connectivity index (χ2v) is 12.0. The lowest BCUT2D eigenvalue weighted by Gasteiger charge is -2.30. The van der Waals surface area contributed by atoms with Crippen LogP contribution in [0.4, 0.5) is 17.5 Å². The Morgan fingerprint density at radius 2 is 1.91 bits per heavy atom. The van der Waals surface area contributed by atoms with Crippen LogP contribution in [0.25, 0.3) is 22.4 Å². The molecule has 3 aromatic heterocycles. The normalized spacial score (nSPS) is 19.4. The van der Waals surface area contributed by atoms with Gasteiger partial charge in [0.15, 0.2) is 29.6 Å². The summed E-state index contributed by atoms with van der Waals surface area (Å²) in [7, 11) is 2.20. The van der Waals surface area contributed by atoms with Gasteiger partial charge in [-0.2, -0.15) is 4.98 Å². The number of amides is 1. The molecule has 0 radical (unpaired) electrons. The summed E-state index contributed by atoms with van der Waals surface area (Å²) in [4.78, 5) is 44.6. The average Bonchev–Trinajstić information content (AvgIpc) is 3.57. The molecule has 11 nitrogen and oxygen atoms in total. The molecule has 0 unspecified atom stereocenters. The second-order valence-electron chi connectivity index (χ2n) is 12.0. The van der Waals surface area contributed by atoms with Crippen LogP contribution < -0.4 is 20.5 Å². The van der Waals surface area contributed by atoms with Crippen LogP contribution in [0.1, 0.15) is 36.8 Å². The maximum absolute atomic E-state index is 13.6. The molecule has 1 aliphatic carbocycles. The number of carbonyl (C=O) groups excluding carboxylic acids is 1. The molecular formula is C33H34N8O3. The first-order chi connectivity index (χ1) is 21.5. The number of rotatable bonds is 3. The van der Waals surface area contributed by atoms with Crippen molar-refractivity contribution in [3.05, 3.63) is 76.2 Å². The number of benzene rings is 1. The van der Waals surface area contributed by atoms with Crippen molar-refractivity contribution in [3.8, 4) is 11.6 Å². The number of aromatic nitrogens is 5. The second kappa shape index (κ2) is 10.7. The van der Waals surface area contributed by atoms with Crippen LogP contribution in [-0.2, 0) is 17.8 Å². The highest BCUT2D eigenvalue weighted by Crippen LogP contribution is 2.39. The Bertz CT molecular complexity index is 1910. The molecule has 0 saturated carbocycles. The van der Waals surface area contributed by atoms with Gasteiger partial charge in [-0.25, -0.2) is 19.3 Å². The van der Waals surface area contributed by atoms with Gasteiger partial charge in [-0.3, -0.25) is 14.5 Å². The van der Waals surface area contributed by atoms with Crippen LogP contribution in [0.3, 0.4) is 0 Å². The van der Waals surface area contributed by atoms with Gasteiger partial charge in [-0.15, -0.1) is 0 Å². The zero-order chi connectivity index (χ0) is 29.8. The van der Waals surface area contributed by atoms with Crippen molar-refractivity contribution >= 4 is 40.0 Å². The summed E-state index contributed by atoms with van der Waals surface area (Å²) in [6.07, 6.45) is 12.9. The van der Waals surface area contributed by atoms with Crippen molar-refractivity contribution in [3.63, 3.8) is 0 Å². The van der Waals surface area contributed by atoms with E-state index in [4.69, 9.17) is 14.7 Å². The molecule has 44 heavy (non-hydrogen) atoms. The lowest BCUT2D eigenvalue weighted by atomic mass is 9.86. The minimum Gasteiger partial charge on any atom is -0.480 e. The molecule has 3 aliphatic heterocycles. The lowest BCUT2D eigenvalue weighted by molar-refractivity contribution is -0.121. The molecule has 4 aliphatic rings. The van der Waals surface area contributed by atoms with Gasteiger partial charge >= 0.3 is 0 Å². The highest BCUT2D eigenvalue weighted by molar-refractivity contribution is 5.96. The first kappa shape index (κ1) is 26.8. The Hall–Kier alpha value is -4.77. The fourth-order valence-electron chi connectivity index (χ4n) is 6.85. The number of carbonyl (C=O) groups is 1. The highest BCUT2D eigenvalue weighted by Gasteiger charge is 2.29. The summed E-state index contributed by atoms with van der Waals surface area (Å²) in [5, 5.41) is 3.77. The molecule has 1 aromatic carbocycles. The van der Waals surface area contributed by atoms with Crippen molar-refractivity contribution in [2.24, 2.45) is 5.92 Å². The zero-order valence-electron chi connectivity index (χ0n) is 24.7. The van der Waals surface area contributed by atoms with Crippen LogP contribution in [0.5, 0.6) is 5.75 Å². The van der Waals surface area contributed by atoms with Crippen molar-refractivity contribution in [2.75, 3.05) is 43.5 Å². The predicted octanol–water partition coefficient (Wildman–Crippen LogP) is 4.08. The molecule has 0 atom stereocenters. The van der Waals surface area contributed by atoms with E-state index in [2.05, 4.69) is 46.5 Å². The van der Waals surface area contributed by atoms with Gasteiger partial charge in [0.05, 0.1) is 6.54 Å². The van der Waals surface area contributed by atoms with Gasteiger partial charge in [0.25, 0.3) is 11.5 Å². The van der Waals surface area contributed by atoms with Crippen molar-refractivity contribution in [2.45, 2.75) is 38.6 Å². The zero-order valence-corrected chi connectivity index (χ0v) is 24.7. The van der Waals surface area contributed by atoms with Gasteiger partial charge in [0.1, 0.15) is 5.39 Å². The van der Waals surface area contributed by atoms with Gasteiger partial charge in [0, 0.05) is 18.4 Å². The molecule has 2 bridgehead atoms. The van der Waals surface area contributed by atoms with Crippen LogP contribution in [-0.4, -0.2) is 68.4 Å². The third-order valence-corrected chi connectivity index (χ3v) is 9.20. The van der Waals surface area contributed by atoms with Crippen molar-refractivity contribution < 1.29 is 9.53 Å². The maximum atomic E-state index is 13.6. The number of piperidine rings is 1. The standard InChI is InChI=1S/C33H34N8O3/c1-38-16-12-21(13-17-38)24-8-6-22-18-23(7-9-25(22)24)35-33-34-19-26-30(37-33)41-28-11-10-27-31(36-28)39(29(42)20-44-27)14-4-2-3-5-15-40(41)32(26)43/h3,5,7-11,18-19,21H,2,4,6,12-17,20H2,1H3,(H,34,35,37)/b5-3-. The number of nitrogens with zero attached hydrogens (tertiary/aromatic N) is 7. The van der Waals surface area contributed by atoms with Crippen LogP contribution in [0.15, 0.2) is 59.6 Å². The molecule has 1 N–H and O–H groups in total. The van der Waals surface area contributed by atoms with Gasteiger partial charge in [-0.1, -0.05) is 24.3 Å². The van der Waals surface area contributed by atoms with E-state index in [0.717, 1.165) is 38.0 Å². The fourth-order valence-corrected chi connectivity index (χ4v) is 6.85. The molecule has 11 heteroatoms. The topological polar surface area (TPSA) is 110 Å². The van der Waals surface area contributed by atoms with Gasteiger partial charge in [-0.05, 0) is 99.1 Å². The summed E-state index contributed by atoms with van der Waals surface area (Å²) >= 11 is 0. The monoisotopic (exact) mass is 590 g/mol. The summed E-state index contributed by atoms with van der Waals surface area (Å²) in [6.45, 7) is 3.17. The Morgan fingerprint density at radius 1 is 1.02 bits per heavy atom. The Balaban J connectivity index is 1.15. The van der Waals surface area contributed by atoms with E-state index in [1.807, 2.05) is 12.2 Å². The number of hydrogen-bond acceptors (Lipinski definition) is 8. The molecule has 4 aromatic rings. The first-order valence-electron chi connectivity index (χ1n) is 15.4. The highest BCUT2D eigenvalue weighted by atomic mass is 16.5. The fraction of sp³-hybridized carbons (Fsp3) is 0.364. The number of pyridine rings is 1. The molecule has 6 heterocycles. The maximum Gasteiger partial charge on any atom is 0.278 e. The molecule has 0 spiro atoms. The number of likely N-dealkylation sites (tertiary alicyclic amines) is 1. The molecular weight excluding hydrogens is 556 g/mol. The third-order valence-electron chi connectivity index (χ3n) is 9.20. The molecule has 8 rings (SSSR count). The Morgan fingerprint density at radius 3 is 2.80 bits per heavy atom. The summed E-state index contributed by atoms with van der Waals surface area (Å²) in [5.41, 5.74) is 5.27. The van der Waals surface area contributed by atoms with Gasteiger partial charge < -0.3 is 15.0 Å². The molecule has 224 valence electrons. The van der Waals surface area contributed by atoms with E-state index < -0.39 is 0 Å². The summed E-state index contributed by atoms with van der Waals surface area (Å²) in [6, 6.07) is 10.1. The van der Waals surface area contributed by atoms with Crippen molar-refractivity contribution in [1.29, 1.82) is 0 Å². The number of anilines is 3. The number of ether oxygens (including phenoxy) is 1. The Kier molecular flexibility index (Phi) is 6.55. The predicted molar refractivity (Wildman–Crippen MR) is 169 cm³/mol. The average molecular weight is 591 g/mol. The van der Waals surface area contributed by atoms with E-state index in [1.54, 1.807) is 32.6 Å². The van der Waals surface area contributed by atoms with E-state index in [-0.39, 0.29) is 18.1 Å². The van der Waals surface area contributed by atoms with Crippen LogP contribution >= 0.6 is 0 Å². The van der Waals surface area contributed by atoms with E-state index >= 15 is 0 Å². The minimum absolute atomic E-state index is 0.0124. The summed E-state index contributed by atoms with van der Waals surface area (Å²) < 4.78 is 9.00. The molecule has 1 saturated heterocycles. The van der Waals surface area contributed by atoms with Crippen LogP contribution in [0, 0.1) is 5.92 Å². The quantitative estimate of drug-likeness (QED) is 0.356. The van der Waals surface area contributed by atoms with Crippen molar-refractivity contribution in [1.82, 2.24) is 29.2 Å². The SMILES string of the molecule is CN1CCC(C2=CCc3cc(Nc4ncc5c(=O)n6n(c5n4)-c4ccc5c(n4)N(CCC/C=C\C6)C(=O)CO5)ccc32)CC1. The number of allylic oxidation sites excluding steroid dienone is 4. The Labute approximate surface area is 254 Å². The smallest absolute Gasteiger partial charge is 0.278 e. The van der Waals surface area contributed by atoms with E-state index in [9.17, 15) is 9.59 Å². The molecule has 1 amide bonds. The van der Waals surface area contributed by atoms with E-state index in [1.165, 1.54) is 29.5 Å². The number of nitrogens with one attached hydrogen (secondary N) is 1. The lowest BCUT2D eigenvalue weighted by Crippen LogP contribution is -2.40. The number of hydrogen-bond donors (Lipinski definition) is 1.